The maximum Gasteiger partial charge on any atom is 0.185 e. The Hall–Kier alpha value is -0.830. The number of nitrogens with zero attached hydrogens (tertiary/aromatic N) is 2. The third-order valence-corrected chi connectivity index (χ3v) is 2.65. The van der Waals surface area contributed by atoms with Crippen LogP contribution in [0.2, 0.25) is 5.15 Å². The van der Waals surface area contributed by atoms with Crippen molar-refractivity contribution in [1.29, 1.82) is 5.26 Å². The van der Waals surface area contributed by atoms with E-state index in [9.17, 15) is 0 Å². The maximum absolute atomic E-state index is 8.59. The van der Waals surface area contributed by atoms with Crippen molar-refractivity contribution in [2.24, 2.45) is 5.73 Å². The quantitative estimate of drug-likeness (QED) is 0.747. The van der Waals surface area contributed by atoms with Gasteiger partial charge in [-0.2, -0.15) is 5.26 Å². The highest BCUT2D eigenvalue weighted by Gasteiger charge is 2.07. The van der Waals surface area contributed by atoms with Crippen molar-refractivity contribution in [3.63, 3.8) is 0 Å². The minimum atomic E-state index is 0.266. The highest BCUT2D eigenvalue weighted by atomic mass is 35.5. The van der Waals surface area contributed by atoms with Crippen molar-refractivity contribution < 1.29 is 0 Å². The largest absolute Gasteiger partial charge is 0.361 e. The molecule has 0 atom stereocenters. The first-order valence-corrected chi connectivity index (χ1v) is 4.97. The number of thiazole rings is 1. The molecule has 0 spiro atoms. The summed E-state index contributed by atoms with van der Waals surface area (Å²) in [6.45, 7) is 1.39. The zero-order valence-electron chi connectivity index (χ0n) is 6.88. The Bertz CT molecular complexity index is 317. The van der Waals surface area contributed by atoms with Crippen LogP contribution in [0.3, 0.4) is 0 Å². The van der Waals surface area contributed by atoms with E-state index in [2.05, 4.69) is 10.3 Å². The summed E-state index contributed by atoms with van der Waals surface area (Å²) in [4.78, 5) is 4.40. The topological polar surface area (TPSA) is 74.7 Å². The second kappa shape index (κ2) is 5.02. The van der Waals surface area contributed by atoms with Gasteiger partial charge in [-0.1, -0.05) is 22.9 Å². The van der Waals surface area contributed by atoms with Crippen molar-refractivity contribution in [1.82, 2.24) is 4.98 Å². The molecule has 70 valence electrons. The fourth-order valence-corrected chi connectivity index (χ4v) is 1.72. The Labute approximate surface area is 85.3 Å². The van der Waals surface area contributed by atoms with Crippen LogP contribution >= 0.6 is 22.9 Å². The molecule has 0 bridgehead atoms. The number of aromatic nitrogens is 1. The number of rotatable bonds is 4. The number of nitrogens with two attached hydrogens (primary N) is 1. The molecule has 0 unspecified atom stereocenters. The molecule has 13 heavy (non-hydrogen) atoms. The number of nitrogens with one attached hydrogen (secondary N) is 1. The van der Waals surface area contributed by atoms with Crippen LogP contribution in [0.4, 0.5) is 5.13 Å². The first kappa shape index (κ1) is 10.3. The van der Waals surface area contributed by atoms with Gasteiger partial charge in [-0.15, -0.1) is 0 Å². The van der Waals surface area contributed by atoms with Crippen molar-refractivity contribution in [3.8, 4) is 6.07 Å². The maximum atomic E-state index is 8.59. The van der Waals surface area contributed by atoms with E-state index >= 15 is 0 Å². The highest BCUT2D eigenvalue weighted by Crippen LogP contribution is 2.25. The minimum Gasteiger partial charge on any atom is -0.361 e. The first-order chi connectivity index (χ1) is 6.27. The molecule has 0 aromatic carbocycles. The predicted molar refractivity (Wildman–Crippen MR) is 54.0 cm³/mol. The molecule has 1 rings (SSSR count). The summed E-state index contributed by atoms with van der Waals surface area (Å²) < 4.78 is 0. The zero-order chi connectivity index (χ0) is 9.68. The molecule has 1 heterocycles. The molecule has 0 radical (unpaired) electrons. The molecule has 0 aliphatic carbocycles. The van der Waals surface area contributed by atoms with Gasteiger partial charge in [0.2, 0.25) is 0 Å². The molecule has 0 aliphatic rings. The molecule has 0 fully saturated rings. The Morgan fingerprint density at radius 3 is 3.00 bits per heavy atom. The van der Waals surface area contributed by atoms with E-state index in [0.29, 0.717) is 16.6 Å². The summed E-state index contributed by atoms with van der Waals surface area (Å²) in [5.41, 5.74) is 5.32. The van der Waals surface area contributed by atoms with E-state index in [1.165, 1.54) is 11.3 Å². The van der Waals surface area contributed by atoms with Crippen LogP contribution in [0.25, 0.3) is 0 Å². The molecule has 4 nitrogen and oxygen atoms in total. The van der Waals surface area contributed by atoms with Gasteiger partial charge < -0.3 is 11.1 Å². The van der Waals surface area contributed by atoms with E-state index in [1.807, 2.05) is 6.07 Å². The van der Waals surface area contributed by atoms with Gasteiger partial charge >= 0.3 is 0 Å². The standard InChI is InChI=1S/C7H9ClN4S/c8-6-5(4-10)13-7(12-6)11-3-1-2-9/h1-3,9H2,(H,11,12). The lowest BCUT2D eigenvalue weighted by molar-refractivity contribution is 0.873. The molecule has 3 N–H and O–H groups in total. The summed E-state index contributed by atoms with van der Waals surface area (Å²) in [6.07, 6.45) is 0.874. The molecule has 1 aromatic heterocycles. The Kier molecular flexibility index (Phi) is 3.96. The Morgan fingerprint density at radius 1 is 1.69 bits per heavy atom. The van der Waals surface area contributed by atoms with Crippen molar-refractivity contribution in [3.05, 3.63) is 10.0 Å². The third kappa shape index (κ3) is 2.84. The third-order valence-electron chi connectivity index (χ3n) is 1.34. The summed E-state index contributed by atoms with van der Waals surface area (Å²) >= 11 is 6.92. The van der Waals surface area contributed by atoms with Crippen LogP contribution in [0, 0.1) is 11.3 Å². The van der Waals surface area contributed by atoms with Crippen LogP contribution < -0.4 is 11.1 Å². The average Bonchev–Trinajstić information content (AvgIpc) is 2.47. The molecule has 0 amide bonds. The van der Waals surface area contributed by atoms with Gasteiger partial charge in [0, 0.05) is 6.54 Å². The first-order valence-electron chi connectivity index (χ1n) is 3.78. The number of halogens is 1. The van der Waals surface area contributed by atoms with Gasteiger partial charge in [-0.3, -0.25) is 0 Å². The van der Waals surface area contributed by atoms with Gasteiger partial charge in [0.1, 0.15) is 10.9 Å². The average molecular weight is 217 g/mol. The van der Waals surface area contributed by atoms with Gasteiger partial charge in [-0.05, 0) is 13.0 Å². The predicted octanol–water partition coefficient (Wildman–Crippen LogP) is 1.43. The fraction of sp³-hybridized carbons (Fsp3) is 0.429. The summed E-state index contributed by atoms with van der Waals surface area (Å²) in [6, 6.07) is 1.97. The fourth-order valence-electron chi connectivity index (χ4n) is 0.743. The smallest absolute Gasteiger partial charge is 0.185 e. The lowest BCUT2D eigenvalue weighted by Gasteiger charge is -1.98. The second-order valence-corrected chi connectivity index (χ2v) is 3.68. The van der Waals surface area contributed by atoms with Crippen LogP contribution in [-0.4, -0.2) is 18.1 Å². The highest BCUT2D eigenvalue weighted by molar-refractivity contribution is 7.16. The summed E-state index contributed by atoms with van der Waals surface area (Å²) in [5, 5.41) is 12.6. The lowest BCUT2D eigenvalue weighted by Crippen LogP contribution is -2.07. The summed E-state index contributed by atoms with van der Waals surface area (Å²) in [5.74, 6) is 0. The van der Waals surface area contributed by atoms with Crippen molar-refractivity contribution >= 4 is 28.1 Å². The molecular weight excluding hydrogens is 208 g/mol. The van der Waals surface area contributed by atoms with Crippen molar-refractivity contribution in [2.75, 3.05) is 18.4 Å². The van der Waals surface area contributed by atoms with E-state index in [0.717, 1.165) is 13.0 Å². The number of nitriles is 1. The molecule has 0 saturated carbocycles. The van der Waals surface area contributed by atoms with Gasteiger partial charge in [0.25, 0.3) is 0 Å². The van der Waals surface area contributed by atoms with Gasteiger partial charge in [0.15, 0.2) is 10.3 Å². The molecule has 0 saturated heterocycles. The number of hydrogen-bond acceptors (Lipinski definition) is 5. The molecule has 0 aliphatic heterocycles. The second-order valence-electron chi connectivity index (χ2n) is 2.32. The minimum absolute atomic E-state index is 0.266. The van der Waals surface area contributed by atoms with Crippen molar-refractivity contribution in [2.45, 2.75) is 6.42 Å². The lowest BCUT2D eigenvalue weighted by atomic mass is 10.4. The molecule has 1 aromatic rings. The Balaban J connectivity index is 2.54. The molecular formula is C7H9ClN4S. The monoisotopic (exact) mass is 216 g/mol. The van der Waals surface area contributed by atoms with Crippen LogP contribution in [0.5, 0.6) is 0 Å². The van der Waals surface area contributed by atoms with Crippen LogP contribution in [-0.2, 0) is 0 Å². The Morgan fingerprint density at radius 2 is 2.46 bits per heavy atom. The van der Waals surface area contributed by atoms with E-state index < -0.39 is 0 Å². The molecule has 6 heteroatoms. The number of anilines is 1. The zero-order valence-corrected chi connectivity index (χ0v) is 8.45. The van der Waals surface area contributed by atoms with E-state index in [1.54, 1.807) is 0 Å². The van der Waals surface area contributed by atoms with Gasteiger partial charge in [0.05, 0.1) is 0 Å². The van der Waals surface area contributed by atoms with E-state index in [4.69, 9.17) is 22.6 Å². The SMILES string of the molecule is N#Cc1sc(NCCCN)nc1Cl. The van der Waals surface area contributed by atoms with Crippen LogP contribution in [0.15, 0.2) is 0 Å². The van der Waals surface area contributed by atoms with Gasteiger partial charge in [-0.25, -0.2) is 4.98 Å². The van der Waals surface area contributed by atoms with Crippen LogP contribution in [0.1, 0.15) is 11.3 Å². The normalized spacial score (nSPS) is 9.62. The number of hydrogen-bond donors (Lipinski definition) is 2. The van der Waals surface area contributed by atoms with E-state index in [-0.39, 0.29) is 5.15 Å². The summed E-state index contributed by atoms with van der Waals surface area (Å²) in [7, 11) is 0.